The highest BCUT2D eigenvalue weighted by atomic mass is 16.5. The first-order valence-corrected chi connectivity index (χ1v) is 5.29. The predicted molar refractivity (Wildman–Crippen MR) is 63.2 cm³/mol. The van der Waals surface area contributed by atoms with Crippen molar-refractivity contribution in [2.75, 3.05) is 5.73 Å². The summed E-state index contributed by atoms with van der Waals surface area (Å²) in [6.07, 6.45) is 1.04. The zero-order valence-electron chi connectivity index (χ0n) is 9.23. The third kappa shape index (κ3) is 2.53. The average molecular weight is 217 g/mol. The molecule has 84 valence electrons. The van der Waals surface area contributed by atoms with Crippen molar-refractivity contribution >= 4 is 5.82 Å². The molecule has 0 saturated carbocycles. The van der Waals surface area contributed by atoms with E-state index in [9.17, 15) is 0 Å². The van der Waals surface area contributed by atoms with Crippen molar-refractivity contribution < 1.29 is 4.74 Å². The van der Waals surface area contributed by atoms with Gasteiger partial charge in [0, 0.05) is 6.07 Å². The minimum absolute atomic E-state index is 0.454. The van der Waals surface area contributed by atoms with Gasteiger partial charge in [0.2, 0.25) is 0 Å². The summed E-state index contributed by atoms with van der Waals surface area (Å²) in [6, 6.07) is 9.84. The summed E-state index contributed by atoms with van der Waals surface area (Å²) in [7, 11) is 0. The molecular weight excluding hydrogens is 202 g/mol. The molecule has 0 bridgehead atoms. The van der Waals surface area contributed by atoms with E-state index in [-0.39, 0.29) is 0 Å². The second-order valence-electron chi connectivity index (χ2n) is 3.60. The Hall–Kier alpha value is -1.97. The summed E-state index contributed by atoms with van der Waals surface area (Å²) in [5.74, 6) is 1.34. The maximum Gasteiger partial charge on any atom is 0.145 e. The van der Waals surface area contributed by atoms with Crippen LogP contribution in [0, 0.1) is 0 Å². The number of aromatic amines is 1. The van der Waals surface area contributed by atoms with Gasteiger partial charge in [-0.25, -0.2) is 0 Å². The molecule has 2 aromatic rings. The summed E-state index contributed by atoms with van der Waals surface area (Å²) < 4.78 is 5.58. The quantitative estimate of drug-likeness (QED) is 0.824. The van der Waals surface area contributed by atoms with E-state index in [1.807, 2.05) is 12.1 Å². The van der Waals surface area contributed by atoms with Crippen LogP contribution in [0.25, 0.3) is 0 Å². The Morgan fingerprint density at radius 2 is 2.06 bits per heavy atom. The zero-order chi connectivity index (χ0) is 11.4. The highest BCUT2D eigenvalue weighted by Crippen LogP contribution is 2.14. The van der Waals surface area contributed by atoms with Gasteiger partial charge < -0.3 is 10.5 Å². The van der Waals surface area contributed by atoms with E-state index in [1.165, 1.54) is 5.56 Å². The number of H-pyrrole nitrogens is 1. The molecule has 0 fully saturated rings. The van der Waals surface area contributed by atoms with Crippen molar-refractivity contribution in [3.8, 4) is 5.75 Å². The molecular formula is C12H15N3O. The van der Waals surface area contributed by atoms with Crippen LogP contribution in [-0.2, 0) is 13.0 Å². The number of nitrogens with zero attached hydrogens (tertiary/aromatic N) is 1. The van der Waals surface area contributed by atoms with Crippen LogP contribution in [0.2, 0.25) is 0 Å². The van der Waals surface area contributed by atoms with Crippen LogP contribution in [0.1, 0.15) is 18.2 Å². The Kier molecular flexibility index (Phi) is 3.10. The molecule has 16 heavy (non-hydrogen) atoms. The zero-order valence-corrected chi connectivity index (χ0v) is 9.23. The number of anilines is 1. The van der Waals surface area contributed by atoms with E-state index in [0.29, 0.717) is 12.4 Å². The van der Waals surface area contributed by atoms with Gasteiger partial charge in [-0.2, -0.15) is 5.10 Å². The minimum Gasteiger partial charge on any atom is -0.487 e. The molecule has 0 amide bonds. The lowest BCUT2D eigenvalue weighted by molar-refractivity contribution is 0.301. The van der Waals surface area contributed by atoms with Gasteiger partial charge in [0.15, 0.2) is 0 Å². The SMILES string of the molecule is CCc1ccc(OCc2cc(N)n[nH]2)cc1. The number of rotatable bonds is 4. The summed E-state index contributed by atoms with van der Waals surface area (Å²) in [5.41, 5.74) is 7.66. The summed E-state index contributed by atoms with van der Waals surface area (Å²) in [5, 5.41) is 6.63. The molecule has 0 radical (unpaired) electrons. The van der Waals surface area contributed by atoms with E-state index >= 15 is 0 Å². The molecule has 0 spiro atoms. The molecule has 4 nitrogen and oxygen atoms in total. The second kappa shape index (κ2) is 4.70. The highest BCUT2D eigenvalue weighted by molar-refractivity contribution is 5.29. The largest absolute Gasteiger partial charge is 0.487 e. The normalized spacial score (nSPS) is 10.3. The Balaban J connectivity index is 1.94. The van der Waals surface area contributed by atoms with Crippen molar-refractivity contribution in [2.24, 2.45) is 0 Å². The van der Waals surface area contributed by atoms with Crippen molar-refractivity contribution in [3.63, 3.8) is 0 Å². The van der Waals surface area contributed by atoms with Gasteiger partial charge in [0.05, 0.1) is 5.69 Å². The second-order valence-corrected chi connectivity index (χ2v) is 3.60. The number of aryl methyl sites for hydroxylation is 1. The first-order valence-electron chi connectivity index (χ1n) is 5.29. The molecule has 0 aliphatic rings. The smallest absolute Gasteiger partial charge is 0.145 e. The lowest BCUT2D eigenvalue weighted by Crippen LogP contribution is -1.95. The van der Waals surface area contributed by atoms with Crippen molar-refractivity contribution in [1.82, 2.24) is 10.2 Å². The standard InChI is InChI=1S/C12H15N3O/c1-2-9-3-5-11(6-4-9)16-8-10-7-12(13)15-14-10/h3-7H,2,8H2,1H3,(H3,13,14,15). The summed E-state index contributed by atoms with van der Waals surface area (Å²) in [4.78, 5) is 0. The number of aromatic nitrogens is 2. The van der Waals surface area contributed by atoms with Crippen LogP contribution in [0.3, 0.4) is 0 Å². The number of nitrogen functional groups attached to an aromatic ring is 1. The minimum atomic E-state index is 0.454. The van der Waals surface area contributed by atoms with Crippen LogP contribution in [0.5, 0.6) is 5.75 Å². The monoisotopic (exact) mass is 217 g/mol. The lowest BCUT2D eigenvalue weighted by atomic mass is 10.2. The summed E-state index contributed by atoms with van der Waals surface area (Å²) in [6.45, 7) is 2.58. The molecule has 0 unspecified atom stereocenters. The van der Waals surface area contributed by atoms with Crippen LogP contribution in [0.4, 0.5) is 5.82 Å². The predicted octanol–water partition coefficient (Wildman–Crippen LogP) is 2.13. The first kappa shape index (κ1) is 10.5. The fraction of sp³-hybridized carbons (Fsp3) is 0.250. The number of hydrogen-bond acceptors (Lipinski definition) is 3. The van der Waals surface area contributed by atoms with Gasteiger partial charge in [0.25, 0.3) is 0 Å². The Labute approximate surface area is 94.4 Å². The molecule has 0 saturated heterocycles. The molecule has 1 aromatic heterocycles. The van der Waals surface area contributed by atoms with Crippen molar-refractivity contribution in [1.29, 1.82) is 0 Å². The maximum absolute atomic E-state index is 5.58. The van der Waals surface area contributed by atoms with Gasteiger partial charge >= 0.3 is 0 Å². The van der Waals surface area contributed by atoms with Crippen molar-refractivity contribution in [3.05, 3.63) is 41.6 Å². The van der Waals surface area contributed by atoms with Gasteiger partial charge in [-0.3, -0.25) is 5.10 Å². The third-order valence-corrected chi connectivity index (χ3v) is 2.38. The van der Waals surface area contributed by atoms with E-state index in [2.05, 4.69) is 29.3 Å². The Morgan fingerprint density at radius 1 is 1.31 bits per heavy atom. The number of nitrogens with two attached hydrogens (primary N) is 1. The van der Waals surface area contributed by atoms with Crippen molar-refractivity contribution in [2.45, 2.75) is 20.0 Å². The third-order valence-electron chi connectivity index (χ3n) is 2.38. The average Bonchev–Trinajstić information content (AvgIpc) is 2.73. The molecule has 1 aromatic carbocycles. The first-order chi connectivity index (χ1) is 7.78. The molecule has 0 aliphatic carbocycles. The fourth-order valence-electron chi connectivity index (χ4n) is 1.44. The maximum atomic E-state index is 5.58. The number of benzene rings is 1. The fourth-order valence-corrected chi connectivity index (χ4v) is 1.44. The van der Waals surface area contributed by atoms with Gasteiger partial charge in [-0.05, 0) is 24.1 Å². The number of ether oxygens (including phenoxy) is 1. The topological polar surface area (TPSA) is 63.9 Å². The lowest BCUT2D eigenvalue weighted by Gasteiger charge is -2.04. The van der Waals surface area contributed by atoms with Gasteiger partial charge in [-0.15, -0.1) is 0 Å². The Morgan fingerprint density at radius 3 is 2.62 bits per heavy atom. The van der Waals surface area contributed by atoms with E-state index in [4.69, 9.17) is 10.5 Å². The van der Waals surface area contributed by atoms with Crippen LogP contribution in [-0.4, -0.2) is 10.2 Å². The summed E-state index contributed by atoms with van der Waals surface area (Å²) >= 11 is 0. The number of nitrogens with one attached hydrogen (secondary N) is 1. The number of hydrogen-bond donors (Lipinski definition) is 2. The van der Waals surface area contributed by atoms with E-state index in [1.54, 1.807) is 6.07 Å². The van der Waals surface area contributed by atoms with Crippen LogP contribution in [0.15, 0.2) is 30.3 Å². The van der Waals surface area contributed by atoms with E-state index in [0.717, 1.165) is 17.9 Å². The molecule has 0 atom stereocenters. The molecule has 4 heteroatoms. The molecule has 3 N–H and O–H groups in total. The molecule has 1 heterocycles. The van der Waals surface area contributed by atoms with Crippen LogP contribution >= 0.6 is 0 Å². The van der Waals surface area contributed by atoms with Crippen LogP contribution < -0.4 is 10.5 Å². The van der Waals surface area contributed by atoms with E-state index < -0.39 is 0 Å². The Bertz CT molecular complexity index is 448. The van der Waals surface area contributed by atoms with Gasteiger partial charge in [0.1, 0.15) is 18.2 Å². The van der Waals surface area contributed by atoms with Gasteiger partial charge in [-0.1, -0.05) is 19.1 Å². The highest BCUT2D eigenvalue weighted by Gasteiger charge is 1.99. The molecule has 2 rings (SSSR count). The molecule has 0 aliphatic heterocycles.